The van der Waals surface area contributed by atoms with Gasteiger partial charge in [-0.3, -0.25) is 9.89 Å². The Morgan fingerprint density at radius 3 is 3.09 bits per heavy atom. The van der Waals surface area contributed by atoms with Crippen LogP contribution < -0.4 is 10.1 Å². The monoisotopic (exact) mass is 311 g/mol. The zero-order valence-electron chi connectivity index (χ0n) is 13.3. The minimum atomic E-state index is -0.195. The highest BCUT2D eigenvalue weighted by molar-refractivity contribution is 5.80. The topological polar surface area (TPSA) is 67.0 Å². The van der Waals surface area contributed by atoms with Gasteiger partial charge in [-0.25, -0.2) is 0 Å². The van der Waals surface area contributed by atoms with Crippen molar-refractivity contribution >= 4 is 5.91 Å². The van der Waals surface area contributed by atoms with Gasteiger partial charge < -0.3 is 10.1 Å². The van der Waals surface area contributed by atoms with Crippen LogP contribution in [-0.2, 0) is 23.2 Å². The Bertz CT molecular complexity index is 733. The molecule has 0 saturated heterocycles. The molecule has 4 rings (SSSR count). The van der Waals surface area contributed by atoms with E-state index in [4.69, 9.17) is 4.74 Å². The molecule has 1 aromatic heterocycles. The van der Waals surface area contributed by atoms with E-state index in [1.54, 1.807) is 7.11 Å². The first-order valence-electron chi connectivity index (χ1n) is 8.18. The molecule has 1 atom stereocenters. The fourth-order valence-electron chi connectivity index (χ4n) is 3.50. The van der Waals surface area contributed by atoms with Gasteiger partial charge in [0.25, 0.3) is 0 Å². The number of hydrogen-bond donors (Lipinski definition) is 2. The number of aromatic amines is 1. The predicted molar refractivity (Wildman–Crippen MR) is 86.2 cm³/mol. The molecule has 1 aromatic carbocycles. The lowest BCUT2D eigenvalue weighted by atomic mass is 9.87. The number of H-pyrrole nitrogens is 1. The summed E-state index contributed by atoms with van der Waals surface area (Å²) in [7, 11) is 1.67. The van der Waals surface area contributed by atoms with Crippen LogP contribution in [0.2, 0.25) is 0 Å². The summed E-state index contributed by atoms with van der Waals surface area (Å²) in [5.74, 6) is 1.03. The van der Waals surface area contributed by atoms with Crippen molar-refractivity contribution in [3.05, 3.63) is 47.3 Å². The molecule has 0 spiro atoms. The van der Waals surface area contributed by atoms with Gasteiger partial charge in [0.2, 0.25) is 5.91 Å². The second-order valence-corrected chi connectivity index (χ2v) is 6.62. The van der Waals surface area contributed by atoms with Gasteiger partial charge in [-0.2, -0.15) is 5.10 Å². The molecule has 2 aliphatic rings. The third-order valence-corrected chi connectivity index (χ3v) is 5.13. The molecular weight excluding hydrogens is 290 g/mol. The molecule has 0 radical (unpaired) electrons. The minimum Gasteiger partial charge on any atom is -0.497 e. The molecule has 2 aliphatic carbocycles. The van der Waals surface area contributed by atoms with Crippen molar-refractivity contribution in [2.75, 3.05) is 7.11 Å². The number of nitrogens with one attached hydrogen (secondary N) is 2. The highest BCUT2D eigenvalue weighted by atomic mass is 16.5. The summed E-state index contributed by atoms with van der Waals surface area (Å²) in [6.45, 7) is 0. The number of nitrogens with zero attached hydrogens (tertiary/aromatic N) is 1. The number of aromatic nitrogens is 2. The maximum atomic E-state index is 12.7. The van der Waals surface area contributed by atoms with Crippen LogP contribution in [0.1, 0.15) is 36.1 Å². The zero-order valence-corrected chi connectivity index (χ0v) is 13.3. The number of benzene rings is 1. The standard InChI is InChI=1S/C18H21N3O2/c1-23-15-4-2-3-14(10-15)18(7-8-18)20-17(22)12-5-6-13-11-19-21-16(13)9-12/h2-4,10-12H,5-9H2,1H3,(H,19,21)(H,20,22). The predicted octanol–water partition coefficient (Wildman–Crippen LogP) is 2.33. The molecule has 1 unspecified atom stereocenters. The third-order valence-electron chi connectivity index (χ3n) is 5.13. The Morgan fingerprint density at radius 1 is 1.43 bits per heavy atom. The van der Waals surface area contributed by atoms with Crippen molar-refractivity contribution in [2.45, 2.75) is 37.6 Å². The van der Waals surface area contributed by atoms with Gasteiger partial charge in [0.05, 0.1) is 18.8 Å². The molecule has 2 N–H and O–H groups in total. The van der Waals surface area contributed by atoms with E-state index in [9.17, 15) is 4.79 Å². The summed E-state index contributed by atoms with van der Waals surface area (Å²) in [6, 6.07) is 8.02. The number of fused-ring (bicyclic) bond motifs is 1. The van der Waals surface area contributed by atoms with Gasteiger partial charge >= 0.3 is 0 Å². The van der Waals surface area contributed by atoms with Gasteiger partial charge in [-0.15, -0.1) is 0 Å². The number of aryl methyl sites for hydroxylation is 1. The number of carbonyl (C=O) groups is 1. The van der Waals surface area contributed by atoms with Crippen molar-refractivity contribution in [1.82, 2.24) is 15.5 Å². The second-order valence-electron chi connectivity index (χ2n) is 6.62. The number of methoxy groups -OCH3 is 1. The second kappa shape index (κ2) is 5.41. The summed E-state index contributed by atoms with van der Waals surface area (Å²) in [5.41, 5.74) is 3.31. The van der Waals surface area contributed by atoms with Crippen molar-refractivity contribution in [1.29, 1.82) is 0 Å². The fourth-order valence-corrected chi connectivity index (χ4v) is 3.50. The van der Waals surface area contributed by atoms with E-state index in [0.29, 0.717) is 0 Å². The molecule has 0 aliphatic heterocycles. The number of rotatable bonds is 4. The molecule has 1 saturated carbocycles. The Kier molecular flexibility index (Phi) is 3.36. The minimum absolute atomic E-state index is 0.0334. The quantitative estimate of drug-likeness (QED) is 0.910. The summed E-state index contributed by atoms with van der Waals surface area (Å²) in [4.78, 5) is 12.7. The largest absolute Gasteiger partial charge is 0.497 e. The highest BCUT2D eigenvalue weighted by Crippen LogP contribution is 2.46. The zero-order chi connectivity index (χ0) is 15.9. The summed E-state index contributed by atoms with van der Waals surface area (Å²) < 4.78 is 5.31. The van der Waals surface area contributed by atoms with Gasteiger partial charge in [-0.05, 0) is 48.9 Å². The lowest BCUT2D eigenvalue weighted by Crippen LogP contribution is -2.40. The molecule has 120 valence electrons. The Labute approximate surface area is 135 Å². The van der Waals surface area contributed by atoms with E-state index in [1.807, 2.05) is 24.4 Å². The number of carbonyl (C=O) groups excluding carboxylic acids is 1. The van der Waals surface area contributed by atoms with Crippen LogP contribution in [0.15, 0.2) is 30.5 Å². The van der Waals surface area contributed by atoms with E-state index in [1.165, 1.54) is 5.56 Å². The Morgan fingerprint density at radius 2 is 2.30 bits per heavy atom. The van der Waals surface area contributed by atoms with Gasteiger partial charge in [-0.1, -0.05) is 12.1 Å². The summed E-state index contributed by atoms with van der Waals surface area (Å²) in [5, 5.41) is 10.4. The Hall–Kier alpha value is -2.30. The summed E-state index contributed by atoms with van der Waals surface area (Å²) in [6.07, 6.45) is 6.45. The van der Waals surface area contributed by atoms with E-state index in [0.717, 1.165) is 49.1 Å². The van der Waals surface area contributed by atoms with Crippen molar-refractivity contribution in [3.8, 4) is 5.75 Å². The smallest absolute Gasteiger partial charge is 0.224 e. The molecule has 23 heavy (non-hydrogen) atoms. The number of amides is 1. The van der Waals surface area contributed by atoms with Gasteiger partial charge in [0.1, 0.15) is 5.75 Å². The molecular formula is C18H21N3O2. The maximum Gasteiger partial charge on any atom is 0.224 e. The molecule has 5 heteroatoms. The SMILES string of the molecule is COc1cccc(C2(NC(=O)C3CCc4cn[nH]c4C3)CC2)c1. The maximum absolute atomic E-state index is 12.7. The van der Waals surface area contributed by atoms with Gasteiger partial charge in [0, 0.05) is 18.0 Å². The Balaban J connectivity index is 1.48. The van der Waals surface area contributed by atoms with E-state index < -0.39 is 0 Å². The van der Waals surface area contributed by atoms with Gasteiger partial charge in [0.15, 0.2) is 0 Å². The van der Waals surface area contributed by atoms with Crippen LogP contribution in [0.4, 0.5) is 0 Å². The van der Waals surface area contributed by atoms with E-state index in [-0.39, 0.29) is 17.4 Å². The van der Waals surface area contributed by atoms with Crippen molar-refractivity contribution in [3.63, 3.8) is 0 Å². The van der Waals surface area contributed by atoms with Crippen LogP contribution in [-0.4, -0.2) is 23.2 Å². The highest BCUT2D eigenvalue weighted by Gasteiger charge is 2.46. The molecule has 0 bridgehead atoms. The third kappa shape index (κ3) is 2.60. The van der Waals surface area contributed by atoms with Crippen LogP contribution in [0.25, 0.3) is 0 Å². The summed E-state index contributed by atoms with van der Waals surface area (Å²) >= 11 is 0. The van der Waals surface area contributed by atoms with Crippen molar-refractivity contribution < 1.29 is 9.53 Å². The number of hydrogen-bond acceptors (Lipinski definition) is 3. The van der Waals surface area contributed by atoms with Crippen LogP contribution in [0, 0.1) is 5.92 Å². The normalized spacial score (nSPS) is 21.3. The average Bonchev–Trinajstić information content (AvgIpc) is 3.21. The lowest BCUT2D eigenvalue weighted by molar-refractivity contribution is -0.126. The molecule has 1 heterocycles. The van der Waals surface area contributed by atoms with Crippen LogP contribution >= 0.6 is 0 Å². The average molecular weight is 311 g/mol. The molecule has 1 fully saturated rings. The van der Waals surface area contributed by atoms with Crippen molar-refractivity contribution in [2.24, 2.45) is 5.92 Å². The first-order valence-corrected chi connectivity index (χ1v) is 8.18. The van der Waals surface area contributed by atoms with Crippen LogP contribution in [0.3, 0.4) is 0 Å². The van der Waals surface area contributed by atoms with E-state index in [2.05, 4.69) is 21.6 Å². The first kappa shape index (κ1) is 14.3. The van der Waals surface area contributed by atoms with Crippen LogP contribution in [0.5, 0.6) is 5.75 Å². The first-order chi connectivity index (χ1) is 11.2. The van der Waals surface area contributed by atoms with E-state index >= 15 is 0 Å². The molecule has 2 aromatic rings. The fraction of sp³-hybridized carbons (Fsp3) is 0.444. The molecule has 5 nitrogen and oxygen atoms in total. The molecule has 1 amide bonds. The number of ether oxygens (including phenoxy) is 1. The lowest BCUT2D eigenvalue weighted by Gasteiger charge is -2.25.